The van der Waals surface area contributed by atoms with Crippen molar-refractivity contribution in [3.8, 4) is 5.75 Å². The van der Waals surface area contributed by atoms with E-state index in [1.54, 1.807) is 32.0 Å². The van der Waals surface area contributed by atoms with Crippen LogP contribution in [0.4, 0.5) is 5.82 Å². The lowest BCUT2D eigenvalue weighted by Crippen LogP contribution is -2.35. The summed E-state index contributed by atoms with van der Waals surface area (Å²) < 4.78 is 11.5. The predicted octanol–water partition coefficient (Wildman–Crippen LogP) is 1.42. The van der Waals surface area contributed by atoms with Crippen molar-refractivity contribution in [3.63, 3.8) is 0 Å². The number of H-pyrrole nitrogens is 1. The molecule has 0 aromatic carbocycles. The number of fused-ring (bicyclic) bond motifs is 1. The average Bonchev–Trinajstić information content (AvgIpc) is 3.27. The molecule has 2 atom stereocenters. The molecule has 0 radical (unpaired) electrons. The van der Waals surface area contributed by atoms with E-state index in [9.17, 15) is 0 Å². The predicted molar refractivity (Wildman–Crippen MR) is 88.0 cm³/mol. The Labute approximate surface area is 138 Å². The fraction of sp³-hybridized carbons (Fsp3) is 0.375. The van der Waals surface area contributed by atoms with Crippen LogP contribution in [0.2, 0.25) is 0 Å². The number of hydrogen-bond acceptors (Lipinski definition) is 7. The molecule has 0 saturated carbocycles. The van der Waals surface area contributed by atoms with Crippen LogP contribution in [0.25, 0.3) is 11.0 Å². The molecule has 24 heavy (non-hydrogen) atoms. The van der Waals surface area contributed by atoms with Gasteiger partial charge in [0.15, 0.2) is 5.65 Å². The summed E-state index contributed by atoms with van der Waals surface area (Å²) in [4.78, 5) is 15.0. The van der Waals surface area contributed by atoms with Crippen LogP contribution in [0.1, 0.15) is 6.42 Å². The van der Waals surface area contributed by atoms with Crippen LogP contribution in [-0.4, -0.2) is 57.6 Å². The van der Waals surface area contributed by atoms with Gasteiger partial charge in [0, 0.05) is 19.9 Å². The van der Waals surface area contributed by atoms with Gasteiger partial charge >= 0.3 is 0 Å². The summed E-state index contributed by atoms with van der Waals surface area (Å²) in [6, 6.07) is 3.92. The molecule has 1 aliphatic heterocycles. The molecule has 0 bridgehead atoms. The number of nitrogens with one attached hydrogen (secondary N) is 1. The van der Waals surface area contributed by atoms with E-state index >= 15 is 0 Å². The maximum atomic E-state index is 5.90. The minimum atomic E-state index is 0.143. The van der Waals surface area contributed by atoms with E-state index in [-0.39, 0.29) is 12.1 Å². The molecule has 3 aromatic heterocycles. The van der Waals surface area contributed by atoms with Crippen LogP contribution in [-0.2, 0) is 4.74 Å². The van der Waals surface area contributed by atoms with Crippen molar-refractivity contribution >= 4 is 16.9 Å². The molecule has 0 unspecified atom stereocenters. The Hall–Kier alpha value is -2.74. The van der Waals surface area contributed by atoms with Gasteiger partial charge in [0.1, 0.15) is 24.5 Å². The molecule has 8 nitrogen and oxygen atoms in total. The molecule has 4 heterocycles. The van der Waals surface area contributed by atoms with Crippen LogP contribution < -0.4 is 9.64 Å². The number of aromatic nitrogens is 5. The number of pyridine rings is 1. The summed E-state index contributed by atoms with van der Waals surface area (Å²) in [6.07, 6.45) is 7.77. The van der Waals surface area contributed by atoms with Gasteiger partial charge in [0.25, 0.3) is 0 Å². The first-order valence-corrected chi connectivity index (χ1v) is 7.81. The first-order valence-electron chi connectivity index (χ1n) is 7.81. The third kappa shape index (κ3) is 2.76. The molecule has 8 heteroatoms. The Bertz CT molecular complexity index is 808. The van der Waals surface area contributed by atoms with E-state index in [1.807, 2.05) is 12.1 Å². The maximum Gasteiger partial charge on any atom is 0.160 e. The van der Waals surface area contributed by atoms with E-state index in [4.69, 9.17) is 9.47 Å². The molecular weight excluding hydrogens is 308 g/mol. The van der Waals surface area contributed by atoms with E-state index < -0.39 is 0 Å². The Morgan fingerprint density at radius 2 is 2.29 bits per heavy atom. The third-order valence-corrected chi connectivity index (χ3v) is 4.29. The number of methoxy groups -OCH3 is 1. The maximum absolute atomic E-state index is 5.90. The minimum absolute atomic E-state index is 0.143. The second-order valence-corrected chi connectivity index (χ2v) is 5.73. The van der Waals surface area contributed by atoms with Crippen molar-refractivity contribution in [2.45, 2.75) is 18.6 Å². The van der Waals surface area contributed by atoms with E-state index in [1.165, 1.54) is 0 Å². The number of ether oxygens (including phenoxy) is 2. The lowest BCUT2D eigenvalue weighted by Gasteiger charge is -2.25. The van der Waals surface area contributed by atoms with Crippen LogP contribution >= 0.6 is 0 Å². The monoisotopic (exact) mass is 326 g/mol. The zero-order chi connectivity index (χ0) is 16.4. The molecule has 0 spiro atoms. The lowest BCUT2D eigenvalue weighted by atomic mass is 10.2. The normalized spacial score (nSPS) is 20.6. The molecular formula is C16H18N6O2. The highest BCUT2D eigenvalue weighted by atomic mass is 16.5. The summed E-state index contributed by atoms with van der Waals surface area (Å²) in [5.74, 6) is 1.61. The van der Waals surface area contributed by atoms with Gasteiger partial charge in [-0.1, -0.05) is 0 Å². The van der Waals surface area contributed by atoms with Crippen LogP contribution in [0.5, 0.6) is 5.75 Å². The third-order valence-electron chi connectivity index (χ3n) is 4.29. The number of rotatable bonds is 5. The van der Waals surface area contributed by atoms with Gasteiger partial charge in [0.2, 0.25) is 0 Å². The van der Waals surface area contributed by atoms with Crippen molar-refractivity contribution in [2.24, 2.45) is 0 Å². The highest BCUT2D eigenvalue weighted by Crippen LogP contribution is 2.30. The first kappa shape index (κ1) is 14.8. The van der Waals surface area contributed by atoms with Crippen LogP contribution in [0.15, 0.2) is 37.1 Å². The first-order chi connectivity index (χ1) is 11.8. The Morgan fingerprint density at radius 1 is 1.33 bits per heavy atom. The molecule has 1 fully saturated rings. The van der Waals surface area contributed by atoms with Gasteiger partial charge in [-0.2, -0.15) is 5.10 Å². The van der Waals surface area contributed by atoms with Gasteiger partial charge in [-0.05, 0) is 18.6 Å². The molecule has 0 aliphatic carbocycles. The molecule has 3 aromatic rings. The van der Waals surface area contributed by atoms with Gasteiger partial charge < -0.3 is 14.4 Å². The fourth-order valence-corrected chi connectivity index (χ4v) is 3.07. The Morgan fingerprint density at radius 3 is 3.12 bits per heavy atom. The van der Waals surface area contributed by atoms with Gasteiger partial charge in [-0.15, -0.1) is 0 Å². The second kappa shape index (κ2) is 6.40. The lowest BCUT2D eigenvalue weighted by molar-refractivity contribution is 0.115. The Balaban J connectivity index is 1.58. The van der Waals surface area contributed by atoms with Crippen molar-refractivity contribution in [3.05, 3.63) is 37.1 Å². The highest BCUT2D eigenvalue weighted by molar-refractivity contribution is 5.86. The zero-order valence-electron chi connectivity index (χ0n) is 13.3. The zero-order valence-corrected chi connectivity index (χ0v) is 13.3. The number of nitrogens with zero attached hydrogens (tertiary/aromatic N) is 5. The Kier molecular flexibility index (Phi) is 3.96. The smallest absolute Gasteiger partial charge is 0.160 e. The SMILES string of the molecule is CO[C@@H]1C[C@@H](COc2cccnc2)N(c2ncnc3[nH]ncc23)C1. The fourth-order valence-electron chi connectivity index (χ4n) is 3.07. The average molecular weight is 326 g/mol. The summed E-state index contributed by atoms with van der Waals surface area (Å²) in [7, 11) is 1.74. The standard InChI is InChI=1S/C16H18N6O2/c1-23-13-5-11(9-24-12-3-2-4-17-6-12)22(8-13)16-14-7-20-21-15(14)18-10-19-16/h2-4,6-7,10-11,13H,5,8-9H2,1H3,(H,18,19,20,21)/t11-,13+/m0/s1. The van der Waals surface area contributed by atoms with Crippen molar-refractivity contribution in [1.82, 2.24) is 25.1 Å². The molecule has 1 aliphatic rings. The number of anilines is 1. The molecule has 0 amide bonds. The summed E-state index contributed by atoms with van der Waals surface area (Å²) in [5, 5.41) is 7.85. The van der Waals surface area contributed by atoms with Crippen LogP contribution in [0, 0.1) is 0 Å². The quantitative estimate of drug-likeness (QED) is 0.758. The summed E-state index contributed by atoms with van der Waals surface area (Å²) >= 11 is 0. The largest absolute Gasteiger partial charge is 0.490 e. The molecule has 1 N–H and O–H groups in total. The van der Waals surface area contributed by atoms with Crippen molar-refractivity contribution in [1.29, 1.82) is 0 Å². The van der Waals surface area contributed by atoms with E-state index in [0.717, 1.165) is 35.6 Å². The van der Waals surface area contributed by atoms with E-state index in [2.05, 4.69) is 30.0 Å². The van der Waals surface area contributed by atoms with Crippen LogP contribution in [0.3, 0.4) is 0 Å². The van der Waals surface area contributed by atoms with E-state index in [0.29, 0.717) is 6.61 Å². The second-order valence-electron chi connectivity index (χ2n) is 5.73. The van der Waals surface area contributed by atoms with Crippen molar-refractivity contribution < 1.29 is 9.47 Å². The summed E-state index contributed by atoms with van der Waals surface area (Å²) in [5.41, 5.74) is 0.729. The van der Waals surface area contributed by atoms with Gasteiger partial charge in [-0.3, -0.25) is 10.1 Å². The van der Waals surface area contributed by atoms with Gasteiger partial charge in [-0.25, -0.2) is 9.97 Å². The molecule has 124 valence electrons. The number of aromatic amines is 1. The highest BCUT2D eigenvalue weighted by Gasteiger charge is 2.34. The molecule has 1 saturated heterocycles. The minimum Gasteiger partial charge on any atom is -0.490 e. The summed E-state index contributed by atoms with van der Waals surface area (Å²) in [6.45, 7) is 1.30. The molecule has 4 rings (SSSR count). The van der Waals surface area contributed by atoms with Crippen molar-refractivity contribution in [2.75, 3.05) is 25.2 Å². The topological polar surface area (TPSA) is 89.0 Å². The number of hydrogen-bond donors (Lipinski definition) is 1. The van der Waals surface area contributed by atoms with Gasteiger partial charge in [0.05, 0.1) is 29.9 Å².